The Kier molecular flexibility index (Phi) is 10.2. The van der Waals surface area contributed by atoms with Crippen LogP contribution in [0.1, 0.15) is 83.1 Å². The molecule has 1 aliphatic carbocycles. The topological polar surface area (TPSA) is 164 Å². The van der Waals surface area contributed by atoms with Crippen molar-refractivity contribution in [2.45, 2.75) is 69.6 Å². The van der Waals surface area contributed by atoms with Crippen LogP contribution in [0.4, 0.5) is 4.39 Å². The molecule has 5 N–H and O–H groups in total. The molecule has 1 aromatic heterocycles. The zero-order valence-corrected chi connectivity index (χ0v) is 25.2. The van der Waals surface area contributed by atoms with Crippen LogP contribution in [0.15, 0.2) is 54.7 Å². The first-order valence-corrected chi connectivity index (χ1v) is 15.4. The minimum atomic E-state index is -1.03. The maximum Gasteiger partial charge on any atom is 0.276 e. The number of benzene rings is 2. The van der Waals surface area contributed by atoms with E-state index in [0.29, 0.717) is 30.5 Å². The van der Waals surface area contributed by atoms with Crippen LogP contribution in [0.3, 0.4) is 0 Å². The Hall–Kier alpha value is -4.65. The fourth-order valence-electron chi connectivity index (χ4n) is 5.73. The summed E-state index contributed by atoms with van der Waals surface area (Å²) >= 11 is 0. The van der Waals surface area contributed by atoms with Gasteiger partial charge < -0.3 is 26.6 Å². The molecule has 2 atom stereocenters. The predicted molar refractivity (Wildman–Crippen MR) is 163 cm³/mol. The normalized spacial score (nSPS) is 23.8. The van der Waals surface area contributed by atoms with Crippen molar-refractivity contribution in [2.75, 3.05) is 19.6 Å². The van der Waals surface area contributed by atoms with Crippen LogP contribution in [0.2, 0.25) is 0 Å². The molecule has 1 saturated carbocycles. The molecule has 3 aromatic rings. The maximum absolute atomic E-state index is 14.6. The number of nitrogens with zero attached hydrogens (tertiary/aromatic N) is 4. The maximum atomic E-state index is 14.6. The first-order chi connectivity index (χ1) is 21.7. The monoisotopic (exact) mass is 618 g/mol. The lowest BCUT2D eigenvalue weighted by Gasteiger charge is -2.29. The summed E-state index contributed by atoms with van der Waals surface area (Å²) in [5.41, 5.74) is 7.36. The van der Waals surface area contributed by atoms with E-state index in [1.165, 1.54) is 24.0 Å². The van der Waals surface area contributed by atoms with E-state index in [1.807, 2.05) is 6.07 Å². The van der Waals surface area contributed by atoms with E-state index in [4.69, 9.17) is 5.73 Å². The lowest BCUT2D eigenvalue weighted by Crippen LogP contribution is -2.49. The highest BCUT2D eigenvalue weighted by Gasteiger charge is 2.29. The van der Waals surface area contributed by atoms with Gasteiger partial charge in [0, 0.05) is 19.1 Å². The minimum Gasteiger partial charge on any atom is -0.355 e. The van der Waals surface area contributed by atoms with Gasteiger partial charge in [0.1, 0.15) is 11.9 Å². The molecule has 4 amide bonds. The summed E-state index contributed by atoms with van der Waals surface area (Å²) in [4.78, 5) is 54.7. The molecule has 5 rings (SSSR count). The van der Waals surface area contributed by atoms with Crippen molar-refractivity contribution in [2.24, 2.45) is 5.73 Å². The number of hydrogen-bond acceptors (Lipinski definition) is 7. The molecule has 12 nitrogen and oxygen atoms in total. The second-order valence-electron chi connectivity index (χ2n) is 11.8. The zero-order chi connectivity index (χ0) is 31.9. The number of aryl methyl sites for hydroxylation is 1. The quantitative estimate of drug-likeness (QED) is 0.349. The van der Waals surface area contributed by atoms with Crippen molar-refractivity contribution >= 4 is 23.6 Å². The number of amides is 4. The standard InChI is InChI=1S/C32H39FN8O4/c1-20-30(43)37-27(22-7-3-2-4-8-22)17-40(32(45)28-18-41(39-38-28)24-12-10-23(34)11-13-24)19-29(42)35-15-5-6-21-9-14-26(33)25(16-21)31(44)36-20/h2-4,7-9,14,16,18,20,23-24,27H,5-6,10-13,15,17,19,34H2,1H3,(H,35,42)(H,36,44)(H,37,43)/t20-,23?,24?,27-/m1/s1. The summed E-state index contributed by atoms with van der Waals surface area (Å²) < 4.78 is 16.3. The van der Waals surface area contributed by atoms with E-state index in [9.17, 15) is 23.6 Å². The van der Waals surface area contributed by atoms with Gasteiger partial charge in [0.2, 0.25) is 11.8 Å². The van der Waals surface area contributed by atoms with E-state index >= 15 is 0 Å². The number of nitrogens with one attached hydrogen (secondary N) is 3. The van der Waals surface area contributed by atoms with Crippen LogP contribution in [-0.4, -0.2) is 75.2 Å². The summed E-state index contributed by atoms with van der Waals surface area (Å²) in [5, 5.41) is 16.7. The molecule has 2 aliphatic rings. The van der Waals surface area contributed by atoms with Crippen molar-refractivity contribution < 1.29 is 23.6 Å². The van der Waals surface area contributed by atoms with E-state index < -0.39 is 35.6 Å². The molecule has 0 spiro atoms. The molecule has 2 aromatic carbocycles. The number of rotatable bonds is 3. The smallest absolute Gasteiger partial charge is 0.276 e. The Morgan fingerprint density at radius 3 is 2.53 bits per heavy atom. The van der Waals surface area contributed by atoms with Crippen molar-refractivity contribution in [3.8, 4) is 0 Å². The Labute approximate surface area is 260 Å². The van der Waals surface area contributed by atoms with E-state index in [-0.39, 0.29) is 42.3 Å². The largest absolute Gasteiger partial charge is 0.355 e. The molecule has 238 valence electrons. The van der Waals surface area contributed by atoms with Crippen LogP contribution in [0.25, 0.3) is 0 Å². The Morgan fingerprint density at radius 2 is 1.78 bits per heavy atom. The number of aromatic nitrogens is 3. The van der Waals surface area contributed by atoms with Gasteiger partial charge in [0.05, 0.1) is 30.4 Å². The average Bonchev–Trinajstić information content (AvgIpc) is 3.53. The summed E-state index contributed by atoms with van der Waals surface area (Å²) in [5.74, 6) is -2.85. The Balaban J connectivity index is 1.42. The third-order valence-corrected chi connectivity index (χ3v) is 8.37. The average molecular weight is 619 g/mol. The summed E-state index contributed by atoms with van der Waals surface area (Å²) in [6.45, 7) is 1.45. The number of halogens is 1. The SMILES string of the molecule is C[C@H]1NC(=O)c2cc(ccc2F)CCCNC(=O)CN(C(=O)c2cn(C3CCC(N)CC3)nn2)C[C@H](c2ccccc2)NC1=O. The van der Waals surface area contributed by atoms with Gasteiger partial charge in [-0.25, -0.2) is 9.07 Å². The van der Waals surface area contributed by atoms with Gasteiger partial charge in [-0.1, -0.05) is 41.6 Å². The molecule has 2 heterocycles. The van der Waals surface area contributed by atoms with Gasteiger partial charge in [-0.3, -0.25) is 19.2 Å². The number of carbonyl (C=O) groups excluding carboxylic acids is 4. The highest BCUT2D eigenvalue weighted by atomic mass is 19.1. The van der Waals surface area contributed by atoms with Gasteiger partial charge in [0.15, 0.2) is 5.69 Å². The number of hydrogen-bond donors (Lipinski definition) is 4. The Bertz CT molecular complexity index is 1520. The molecule has 1 fully saturated rings. The van der Waals surface area contributed by atoms with Crippen LogP contribution in [0, 0.1) is 5.82 Å². The molecular formula is C32H39FN8O4. The molecule has 2 bridgehead atoms. The summed E-state index contributed by atoms with van der Waals surface area (Å²) in [6.07, 6.45) is 5.98. The van der Waals surface area contributed by atoms with Crippen LogP contribution in [-0.2, 0) is 16.0 Å². The van der Waals surface area contributed by atoms with Crippen LogP contribution < -0.4 is 21.7 Å². The number of nitrogens with two attached hydrogens (primary N) is 1. The number of fused-ring (bicyclic) bond motifs is 2. The van der Waals surface area contributed by atoms with E-state index in [1.54, 1.807) is 41.2 Å². The lowest BCUT2D eigenvalue weighted by molar-refractivity contribution is -0.123. The fourth-order valence-corrected chi connectivity index (χ4v) is 5.73. The van der Waals surface area contributed by atoms with Crippen molar-refractivity contribution in [3.05, 3.63) is 82.9 Å². The van der Waals surface area contributed by atoms with Gasteiger partial charge in [-0.2, -0.15) is 0 Å². The Morgan fingerprint density at radius 1 is 1.02 bits per heavy atom. The van der Waals surface area contributed by atoms with Crippen LogP contribution in [0.5, 0.6) is 0 Å². The highest BCUT2D eigenvalue weighted by molar-refractivity contribution is 5.98. The second-order valence-corrected chi connectivity index (χ2v) is 11.8. The molecule has 13 heteroatoms. The molecular weight excluding hydrogens is 579 g/mol. The highest BCUT2D eigenvalue weighted by Crippen LogP contribution is 2.27. The van der Waals surface area contributed by atoms with Crippen molar-refractivity contribution in [1.82, 2.24) is 35.8 Å². The molecule has 0 radical (unpaired) electrons. The summed E-state index contributed by atoms with van der Waals surface area (Å²) in [6, 6.07) is 11.7. The van der Waals surface area contributed by atoms with E-state index in [0.717, 1.165) is 25.7 Å². The van der Waals surface area contributed by atoms with Gasteiger partial charge in [-0.05, 0) is 68.7 Å². The second kappa shape index (κ2) is 14.4. The zero-order valence-electron chi connectivity index (χ0n) is 25.2. The first kappa shape index (κ1) is 31.8. The van der Waals surface area contributed by atoms with Gasteiger partial charge in [-0.15, -0.1) is 5.10 Å². The van der Waals surface area contributed by atoms with E-state index in [2.05, 4.69) is 26.3 Å². The van der Waals surface area contributed by atoms with Gasteiger partial charge in [0.25, 0.3) is 11.8 Å². The van der Waals surface area contributed by atoms with Crippen molar-refractivity contribution in [3.63, 3.8) is 0 Å². The lowest BCUT2D eigenvalue weighted by atomic mass is 9.92. The minimum absolute atomic E-state index is 0.0663. The third-order valence-electron chi connectivity index (χ3n) is 8.37. The molecule has 0 unspecified atom stereocenters. The van der Waals surface area contributed by atoms with Crippen molar-refractivity contribution in [1.29, 1.82) is 0 Å². The predicted octanol–water partition coefficient (Wildman–Crippen LogP) is 2.04. The van der Waals surface area contributed by atoms with Gasteiger partial charge >= 0.3 is 0 Å². The van der Waals surface area contributed by atoms with Crippen LogP contribution >= 0.6 is 0 Å². The number of carbonyl (C=O) groups is 4. The summed E-state index contributed by atoms with van der Waals surface area (Å²) in [7, 11) is 0. The fraction of sp³-hybridized carbons (Fsp3) is 0.438. The first-order valence-electron chi connectivity index (χ1n) is 15.4. The molecule has 0 saturated heterocycles. The third kappa shape index (κ3) is 8.09. The molecule has 1 aliphatic heterocycles. The molecule has 45 heavy (non-hydrogen) atoms.